The summed E-state index contributed by atoms with van der Waals surface area (Å²) < 4.78 is 0. The first-order valence-electron chi connectivity index (χ1n) is 5.71. The van der Waals surface area contributed by atoms with E-state index < -0.39 is 9.85 Å². The summed E-state index contributed by atoms with van der Waals surface area (Å²) in [5.74, 6) is 0.198. The smallest absolute Gasteiger partial charge is 0.318 e. The molecule has 0 unspecified atom stereocenters. The van der Waals surface area contributed by atoms with Crippen LogP contribution in [-0.4, -0.2) is 53.0 Å². The molecule has 0 bridgehead atoms. The molecule has 1 aliphatic heterocycles. The molecule has 0 N–H and O–H groups in total. The SMILES string of the molecule is CN1CCN(c2ncc([N+](=O)[O-])cc2[N+](=O)[O-])CC1. The molecule has 0 spiro atoms. The van der Waals surface area contributed by atoms with Gasteiger partial charge in [-0.05, 0) is 7.05 Å². The van der Waals surface area contributed by atoms with Gasteiger partial charge in [0.05, 0.1) is 15.9 Å². The van der Waals surface area contributed by atoms with Gasteiger partial charge in [-0.3, -0.25) is 20.2 Å². The van der Waals surface area contributed by atoms with Gasteiger partial charge in [-0.15, -0.1) is 0 Å². The van der Waals surface area contributed by atoms with Gasteiger partial charge in [-0.25, -0.2) is 4.98 Å². The maximum Gasteiger partial charge on any atom is 0.318 e. The molecule has 1 saturated heterocycles. The monoisotopic (exact) mass is 267 g/mol. The molecule has 2 heterocycles. The summed E-state index contributed by atoms with van der Waals surface area (Å²) in [4.78, 5) is 28.1. The second-order valence-corrected chi connectivity index (χ2v) is 4.34. The first-order chi connectivity index (χ1) is 8.99. The zero-order valence-electron chi connectivity index (χ0n) is 10.4. The molecule has 1 aromatic heterocycles. The fraction of sp³-hybridized carbons (Fsp3) is 0.500. The summed E-state index contributed by atoms with van der Waals surface area (Å²) in [6.45, 7) is 2.77. The van der Waals surface area contributed by atoms with E-state index in [4.69, 9.17) is 0 Å². The second-order valence-electron chi connectivity index (χ2n) is 4.34. The van der Waals surface area contributed by atoms with Crippen molar-refractivity contribution in [2.75, 3.05) is 38.1 Å². The highest BCUT2D eigenvalue weighted by molar-refractivity contribution is 5.61. The molecule has 9 nitrogen and oxygen atoms in total. The lowest BCUT2D eigenvalue weighted by Gasteiger charge is -2.32. The molecule has 102 valence electrons. The molecule has 9 heteroatoms. The van der Waals surface area contributed by atoms with Gasteiger partial charge in [0, 0.05) is 26.2 Å². The minimum absolute atomic E-state index is 0.198. The lowest BCUT2D eigenvalue weighted by atomic mass is 10.3. The summed E-state index contributed by atoms with van der Waals surface area (Å²) in [5.41, 5.74) is -0.691. The van der Waals surface area contributed by atoms with Crippen LogP contribution in [0, 0.1) is 20.2 Å². The number of likely N-dealkylation sites (N-methyl/N-ethyl adjacent to an activating group) is 1. The van der Waals surface area contributed by atoms with E-state index in [2.05, 4.69) is 9.88 Å². The van der Waals surface area contributed by atoms with Crippen LogP contribution in [0.4, 0.5) is 17.2 Å². The quantitative estimate of drug-likeness (QED) is 0.584. The minimum Gasteiger partial charge on any atom is -0.348 e. The highest BCUT2D eigenvalue weighted by Crippen LogP contribution is 2.29. The average Bonchev–Trinajstić information content (AvgIpc) is 2.38. The Hall–Kier alpha value is -2.29. The lowest BCUT2D eigenvalue weighted by Crippen LogP contribution is -2.45. The summed E-state index contributed by atoms with van der Waals surface area (Å²) in [5, 5.41) is 21.6. The summed E-state index contributed by atoms with van der Waals surface area (Å²) in [7, 11) is 1.97. The molecule has 19 heavy (non-hydrogen) atoms. The van der Waals surface area contributed by atoms with Crippen LogP contribution in [0.3, 0.4) is 0 Å². The molecule has 2 rings (SSSR count). The van der Waals surface area contributed by atoms with E-state index in [0.29, 0.717) is 13.1 Å². The Morgan fingerprint density at radius 2 is 1.79 bits per heavy atom. The molecule has 0 radical (unpaired) electrons. The van der Waals surface area contributed by atoms with Crippen molar-refractivity contribution in [1.82, 2.24) is 9.88 Å². The van der Waals surface area contributed by atoms with Gasteiger partial charge in [-0.2, -0.15) is 0 Å². The number of piperazine rings is 1. The zero-order chi connectivity index (χ0) is 14.0. The first-order valence-corrected chi connectivity index (χ1v) is 5.71. The predicted octanol–water partition coefficient (Wildman–Crippen LogP) is 0.650. The standard InChI is InChI=1S/C10H13N5O4/c1-12-2-4-13(5-3-12)10-9(15(18)19)6-8(7-11-10)14(16)17/h6-7H,2-5H2,1H3. The van der Waals surface area contributed by atoms with Crippen LogP contribution in [0.1, 0.15) is 0 Å². The van der Waals surface area contributed by atoms with E-state index in [1.165, 1.54) is 0 Å². The highest BCUT2D eigenvalue weighted by atomic mass is 16.6. The number of nitrogens with zero attached hydrogens (tertiary/aromatic N) is 5. The fourth-order valence-corrected chi connectivity index (χ4v) is 1.93. The van der Waals surface area contributed by atoms with Gasteiger partial charge in [0.25, 0.3) is 5.69 Å². The number of anilines is 1. The van der Waals surface area contributed by atoms with Crippen molar-refractivity contribution in [2.24, 2.45) is 0 Å². The summed E-state index contributed by atoms with van der Waals surface area (Å²) in [6.07, 6.45) is 1.06. The van der Waals surface area contributed by atoms with Crippen molar-refractivity contribution in [2.45, 2.75) is 0 Å². The Morgan fingerprint density at radius 1 is 1.16 bits per heavy atom. The van der Waals surface area contributed by atoms with Crippen molar-refractivity contribution in [1.29, 1.82) is 0 Å². The summed E-state index contributed by atoms with van der Waals surface area (Å²) in [6, 6.07) is 0.959. The van der Waals surface area contributed by atoms with E-state index in [-0.39, 0.29) is 17.2 Å². The van der Waals surface area contributed by atoms with Gasteiger partial charge < -0.3 is 9.80 Å². The maximum absolute atomic E-state index is 11.0. The third-order valence-electron chi connectivity index (χ3n) is 3.04. The Morgan fingerprint density at radius 3 is 2.32 bits per heavy atom. The van der Waals surface area contributed by atoms with Crippen LogP contribution in [0.15, 0.2) is 12.3 Å². The van der Waals surface area contributed by atoms with Crippen molar-refractivity contribution >= 4 is 17.2 Å². The normalized spacial score (nSPS) is 16.4. The lowest BCUT2D eigenvalue weighted by molar-refractivity contribution is -0.394. The molecular formula is C10H13N5O4. The largest absolute Gasteiger partial charge is 0.348 e. The van der Waals surface area contributed by atoms with E-state index >= 15 is 0 Å². The molecule has 0 amide bonds. The van der Waals surface area contributed by atoms with Crippen LogP contribution < -0.4 is 4.90 Å². The highest BCUT2D eigenvalue weighted by Gasteiger charge is 2.26. The van der Waals surface area contributed by atoms with E-state index in [1.54, 1.807) is 4.90 Å². The van der Waals surface area contributed by atoms with Crippen LogP contribution in [0.25, 0.3) is 0 Å². The summed E-state index contributed by atoms with van der Waals surface area (Å²) >= 11 is 0. The number of rotatable bonds is 3. The molecule has 1 aliphatic rings. The number of nitro groups is 2. The second kappa shape index (κ2) is 5.14. The molecular weight excluding hydrogens is 254 g/mol. The number of hydrogen-bond acceptors (Lipinski definition) is 7. The maximum atomic E-state index is 11.0. The van der Waals surface area contributed by atoms with Crippen LogP contribution in [0.5, 0.6) is 0 Å². The van der Waals surface area contributed by atoms with Crippen molar-refractivity contribution in [3.63, 3.8) is 0 Å². The van der Waals surface area contributed by atoms with E-state index in [9.17, 15) is 20.2 Å². The molecule has 1 fully saturated rings. The Kier molecular flexibility index (Phi) is 3.56. The molecule has 0 aromatic carbocycles. The minimum atomic E-state index is -0.687. The number of pyridine rings is 1. The average molecular weight is 267 g/mol. The van der Waals surface area contributed by atoms with Crippen molar-refractivity contribution in [3.05, 3.63) is 32.5 Å². The Bertz CT molecular complexity index is 513. The third kappa shape index (κ3) is 2.76. The Labute approximate surface area is 108 Å². The van der Waals surface area contributed by atoms with Gasteiger partial charge in [0.2, 0.25) is 5.82 Å². The van der Waals surface area contributed by atoms with E-state index in [0.717, 1.165) is 25.4 Å². The van der Waals surface area contributed by atoms with E-state index in [1.807, 2.05) is 7.05 Å². The topological polar surface area (TPSA) is 106 Å². The molecule has 0 aliphatic carbocycles. The van der Waals surface area contributed by atoms with Crippen LogP contribution in [-0.2, 0) is 0 Å². The number of hydrogen-bond donors (Lipinski definition) is 0. The zero-order valence-corrected chi connectivity index (χ0v) is 10.4. The first kappa shape index (κ1) is 13.1. The van der Waals surface area contributed by atoms with Crippen LogP contribution >= 0.6 is 0 Å². The number of aromatic nitrogens is 1. The van der Waals surface area contributed by atoms with Crippen LogP contribution in [0.2, 0.25) is 0 Å². The van der Waals surface area contributed by atoms with Gasteiger partial charge in [0.15, 0.2) is 0 Å². The van der Waals surface area contributed by atoms with Crippen molar-refractivity contribution in [3.8, 4) is 0 Å². The van der Waals surface area contributed by atoms with Gasteiger partial charge >= 0.3 is 5.69 Å². The predicted molar refractivity (Wildman–Crippen MR) is 67.3 cm³/mol. The molecule has 0 atom stereocenters. The third-order valence-corrected chi connectivity index (χ3v) is 3.04. The van der Waals surface area contributed by atoms with Gasteiger partial charge in [0.1, 0.15) is 6.20 Å². The van der Waals surface area contributed by atoms with Crippen molar-refractivity contribution < 1.29 is 9.85 Å². The Balaban J connectivity index is 2.34. The fourth-order valence-electron chi connectivity index (χ4n) is 1.93. The molecule has 1 aromatic rings. The van der Waals surface area contributed by atoms with Gasteiger partial charge in [-0.1, -0.05) is 0 Å². The molecule has 0 saturated carbocycles.